The van der Waals surface area contributed by atoms with E-state index in [1.807, 2.05) is 6.07 Å². The summed E-state index contributed by atoms with van der Waals surface area (Å²) in [7, 11) is 0. The summed E-state index contributed by atoms with van der Waals surface area (Å²) < 4.78 is 6.61. The average molecular weight is 562 g/mol. The second-order valence-corrected chi connectivity index (χ2v) is 11.4. The predicted octanol–water partition coefficient (Wildman–Crippen LogP) is 12.2. The maximum Gasteiger partial charge on any atom is 0.145 e. The second-order valence-electron chi connectivity index (χ2n) is 11.4. The Morgan fingerprint density at radius 3 is 1.98 bits per heavy atom. The number of fused-ring (bicyclic) bond motifs is 7. The molecule has 0 N–H and O–H groups in total. The van der Waals surface area contributed by atoms with Gasteiger partial charge in [0.15, 0.2) is 0 Å². The molecule has 0 unspecified atom stereocenters. The first-order chi connectivity index (χ1) is 21.8. The van der Waals surface area contributed by atoms with E-state index in [0.29, 0.717) is 0 Å². The number of furan rings is 1. The molecule has 0 bridgehead atoms. The van der Waals surface area contributed by atoms with Crippen LogP contribution in [-0.2, 0) is 0 Å². The fourth-order valence-corrected chi connectivity index (χ4v) is 6.71. The monoisotopic (exact) mass is 561 g/mol. The number of rotatable bonds is 4. The third-order valence-corrected chi connectivity index (χ3v) is 8.80. The highest BCUT2D eigenvalue weighted by Gasteiger charge is 2.21. The van der Waals surface area contributed by atoms with Gasteiger partial charge in [-0.1, -0.05) is 121 Å². The predicted molar refractivity (Wildman–Crippen MR) is 186 cm³/mol. The normalized spacial score (nSPS) is 11.6. The van der Waals surface area contributed by atoms with E-state index in [1.54, 1.807) is 0 Å². The van der Waals surface area contributed by atoms with Gasteiger partial charge in [0.1, 0.15) is 11.2 Å². The van der Waals surface area contributed by atoms with Gasteiger partial charge in [-0.15, -0.1) is 0 Å². The van der Waals surface area contributed by atoms with E-state index >= 15 is 0 Å². The molecule has 206 valence electrons. The largest absolute Gasteiger partial charge is 0.455 e. The van der Waals surface area contributed by atoms with Crippen LogP contribution in [0.15, 0.2) is 168 Å². The van der Waals surface area contributed by atoms with Gasteiger partial charge in [-0.25, -0.2) is 0 Å². The summed E-state index contributed by atoms with van der Waals surface area (Å²) in [5.74, 6) is 0. The van der Waals surface area contributed by atoms with Gasteiger partial charge >= 0.3 is 0 Å². The lowest BCUT2D eigenvalue weighted by atomic mass is 9.99. The molecule has 0 aliphatic rings. The topological polar surface area (TPSA) is 16.4 Å². The molecule has 0 spiro atoms. The van der Waals surface area contributed by atoms with Gasteiger partial charge in [0, 0.05) is 27.2 Å². The van der Waals surface area contributed by atoms with E-state index in [2.05, 4.69) is 163 Å². The summed E-state index contributed by atoms with van der Waals surface area (Å²) in [6.07, 6.45) is 0. The van der Waals surface area contributed by atoms with Crippen molar-refractivity contribution in [3.63, 3.8) is 0 Å². The van der Waals surface area contributed by atoms with Crippen molar-refractivity contribution in [2.75, 3.05) is 4.90 Å². The smallest absolute Gasteiger partial charge is 0.145 e. The molecule has 9 rings (SSSR count). The second kappa shape index (κ2) is 9.86. The first-order valence-corrected chi connectivity index (χ1v) is 15.0. The molecule has 2 heteroatoms. The van der Waals surface area contributed by atoms with Crippen LogP contribution in [0.2, 0.25) is 0 Å². The molecular weight excluding hydrogens is 534 g/mol. The molecule has 1 heterocycles. The zero-order valence-corrected chi connectivity index (χ0v) is 23.9. The summed E-state index contributed by atoms with van der Waals surface area (Å²) in [4.78, 5) is 2.40. The quantitative estimate of drug-likeness (QED) is 0.212. The molecule has 44 heavy (non-hydrogen) atoms. The van der Waals surface area contributed by atoms with Crippen LogP contribution < -0.4 is 4.90 Å². The molecule has 2 nitrogen and oxygen atoms in total. The van der Waals surface area contributed by atoms with E-state index < -0.39 is 0 Å². The molecule has 0 atom stereocenters. The Morgan fingerprint density at radius 2 is 1.07 bits per heavy atom. The summed E-state index contributed by atoms with van der Waals surface area (Å²) in [5, 5.41) is 9.33. The van der Waals surface area contributed by atoms with Crippen molar-refractivity contribution in [3.8, 4) is 11.1 Å². The van der Waals surface area contributed by atoms with E-state index in [4.69, 9.17) is 4.42 Å². The van der Waals surface area contributed by atoms with Gasteiger partial charge < -0.3 is 9.32 Å². The van der Waals surface area contributed by atoms with Crippen LogP contribution in [0.1, 0.15) is 0 Å². The molecule has 0 aliphatic carbocycles. The molecular formula is C42H27NO. The Bertz CT molecular complexity index is 2500. The lowest BCUT2D eigenvalue weighted by Gasteiger charge is -2.28. The minimum atomic E-state index is 0.904. The Balaban J connectivity index is 1.33. The highest BCUT2D eigenvalue weighted by molar-refractivity contribution is 6.20. The van der Waals surface area contributed by atoms with Crippen LogP contribution in [-0.4, -0.2) is 0 Å². The summed E-state index contributed by atoms with van der Waals surface area (Å²) in [6.45, 7) is 0. The summed E-state index contributed by atoms with van der Waals surface area (Å²) in [5.41, 5.74) is 7.58. The first kappa shape index (κ1) is 24.7. The van der Waals surface area contributed by atoms with E-state index in [0.717, 1.165) is 49.8 Å². The average Bonchev–Trinajstić information content (AvgIpc) is 3.48. The molecule has 1 aromatic heterocycles. The van der Waals surface area contributed by atoms with E-state index in [1.165, 1.54) is 32.7 Å². The van der Waals surface area contributed by atoms with Gasteiger partial charge in [0.25, 0.3) is 0 Å². The van der Waals surface area contributed by atoms with Gasteiger partial charge in [-0.3, -0.25) is 0 Å². The van der Waals surface area contributed by atoms with Crippen molar-refractivity contribution in [3.05, 3.63) is 164 Å². The summed E-state index contributed by atoms with van der Waals surface area (Å²) >= 11 is 0. The van der Waals surface area contributed by atoms with Crippen LogP contribution in [0.5, 0.6) is 0 Å². The van der Waals surface area contributed by atoms with Crippen LogP contribution in [0.25, 0.3) is 65.4 Å². The number of para-hydroxylation sites is 1. The van der Waals surface area contributed by atoms with Gasteiger partial charge in [0.05, 0.1) is 11.4 Å². The number of hydrogen-bond acceptors (Lipinski definition) is 2. The Kier molecular flexibility index (Phi) is 5.54. The lowest BCUT2D eigenvalue weighted by Crippen LogP contribution is -2.11. The molecule has 0 aliphatic heterocycles. The number of nitrogens with zero attached hydrogens (tertiary/aromatic N) is 1. The molecule has 0 radical (unpaired) electrons. The third-order valence-electron chi connectivity index (χ3n) is 8.80. The minimum absolute atomic E-state index is 0.904. The highest BCUT2D eigenvalue weighted by Crippen LogP contribution is 2.46. The fraction of sp³-hybridized carbons (Fsp3) is 0. The fourth-order valence-electron chi connectivity index (χ4n) is 6.71. The van der Waals surface area contributed by atoms with Gasteiger partial charge in [-0.05, 0) is 75.1 Å². The number of hydrogen-bond donors (Lipinski definition) is 0. The zero-order valence-electron chi connectivity index (χ0n) is 23.9. The Labute approximate surface area is 255 Å². The lowest BCUT2D eigenvalue weighted by molar-refractivity contribution is 0.672. The Hall–Kier alpha value is -5.86. The SMILES string of the molecule is c1ccc(-c2ccc3cc(N(c4cccc5ccccc45)c4cccc5ccc6c7ccccc7oc6c45)ccc3c2)cc1. The van der Waals surface area contributed by atoms with Gasteiger partial charge in [-0.2, -0.15) is 0 Å². The van der Waals surface area contributed by atoms with Crippen molar-refractivity contribution in [1.82, 2.24) is 0 Å². The minimum Gasteiger partial charge on any atom is -0.455 e. The van der Waals surface area contributed by atoms with Crippen molar-refractivity contribution < 1.29 is 4.42 Å². The first-order valence-electron chi connectivity index (χ1n) is 15.0. The molecule has 8 aromatic carbocycles. The maximum atomic E-state index is 6.61. The van der Waals surface area contributed by atoms with Crippen molar-refractivity contribution >= 4 is 71.3 Å². The van der Waals surface area contributed by atoms with Crippen LogP contribution in [0.3, 0.4) is 0 Å². The van der Waals surface area contributed by atoms with Crippen LogP contribution in [0.4, 0.5) is 17.1 Å². The molecule has 0 saturated carbocycles. The van der Waals surface area contributed by atoms with Crippen LogP contribution in [0, 0.1) is 0 Å². The summed E-state index contributed by atoms with van der Waals surface area (Å²) in [6, 6.07) is 58.6. The van der Waals surface area contributed by atoms with Gasteiger partial charge in [0.2, 0.25) is 0 Å². The number of anilines is 3. The van der Waals surface area contributed by atoms with Crippen molar-refractivity contribution in [1.29, 1.82) is 0 Å². The van der Waals surface area contributed by atoms with Crippen LogP contribution >= 0.6 is 0 Å². The molecule has 9 aromatic rings. The Morgan fingerprint density at radius 1 is 0.386 bits per heavy atom. The molecule has 0 fully saturated rings. The van der Waals surface area contributed by atoms with Crippen molar-refractivity contribution in [2.24, 2.45) is 0 Å². The maximum absolute atomic E-state index is 6.61. The van der Waals surface area contributed by atoms with E-state index in [-0.39, 0.29) is 0 Å². The van der Waals surface area contributed by atoms with Crippen molar-refractivity contribution in [2.45, 2.75) is 0 Å². The number of benzene rings is 8. The third kappa shape index (κ3) is 3.89. The standard InChI is InChI=1S/C42H27NO/c1-2-10-28(11-3-1)31-20-21-33-27-34(24-22-32(33)26-31)43(38-17-8-13-29-12-4-5-15-35(29)38)39-18-9-14-30-23-25-37-36-16-6-7-19-40(36)44-42(37)41(30)39/h1-27H. The van der Waals surface area contributed by atoms with E-state index in [9.17, 15) is 0 Å². The molecule has 0 amide bonds. The zero-order chi connectivity index (χ0) is 29.0. The highest BCUT2D eigenvalue weighted by atomic mass is 16.3. The molecule has 0 saturated heterocycles.